The lowest BCUT2D eigenvalue weighted by Gasteiger charge is -2.05. The first-order chi connectivity index (χ1) is 13.6. The molecule has 0 saturated carbocycles. The third-order valence-electron chi connectivity index (χ3n) is 3.54. The van der Waals surface area contributed by atoms with Gasteiger partial charge in [0.1, 0.15) is 22.3 Å². The van der Waals surface area contributed by atoms with Gasteiger partial charge in [-0.3, -0.25) is 0 Å². The third-order valence-corrected chi connectivity index (χ3v) is 4.39. The zero-order chi connectivity index (χ0) is 19.9. The molecule has 2 heterocycles. The van der Waals surface area contributed by atoms with Crippen molar-refractivity contribution in [2.24, 2.45) is 0 Å². The van der Waals surface area contributed by atoms with E-state index in [4.69, 9.17) is 10.00 Å². The maximum atomic E-state index is 12.0. The van der Waals surface area contributed by atoms with Crippen LogP contribution in [0.1, 0.15) is 15.4 Å². The van der Waals surface area contributed by atoms with Crippen LogP contribution in [0.15, 0.2) is 59.6 Å². The third kappa shape index (κ3) is 4.47. The highest BCUT2D eigenvalue weighted by atomic mass is 32.1. The van der Waals surface area contributed by atoms with Crippen LogP contribution in [0.2, 0.25) is 0 Å². The van der Waals surface area contributed by atoms with Gasteiger partial charge in [0.25, 0.3) is 0 Å². The SMILES string of the molecule is COC(=O)C(C#N)=Cc1ccnc(-c2ccc(OC(=O)c3cccs3)cc2)n1. The number of rotatable bonds is 5. The van der Waals surface area contributed by atoms with Crippen LogP contribution in [-0.4, -0.2) is 29.0 Å². The van der Waals surface area contributed by atoms with Crippen molar-refractivity contribution in [2.45, 2.75) is 0 Å². The summed E-state index contributed by atoms with van der Waals surface area (Å²) in [4.78, 5) is 32.5. The summed E-state index contributed by atoms with van der Waals surface area (Å²) in [5.74, 6) is -0.361. The van der Waals surface area contributed by atoms with E-state index in [1.165, 1.54) is 30.7 Å². The van der Waals surface area contributed by atoms with Crippen LogP contribution in [0.3, 0.4) is 0 Å². The molecular weight excluding hydrogens is 378 g/mol. The Morgan fingerprint density at radius 2 is 1.96 bits per heavy atom. The predicted octanol–water partition coefficient (Wildman–Crippen LogP) is 3.50. The molecule has 0 spiro atoms. The molecule has 2 aromatic heterocycles. The molecule has 0 radical (unpaired) electrons. The van der Waals surface area contributed by atoms with Gasteiger partial charge in [0, 0.05) is 11.8 Å². The van der Waals surface area contributed by atoms with E-state index in [0.717, 1.165) is 0 Å². The van der Waals surface area contributed by atoms with Crippen molar-refractivity contribution >= 4 is 29.4 Å². The molecule has 3 rings (SSSR count). The van der Waals surface area contributed by atoms with Crippen molar-refractivity contribution in [1.82, 2.24) is 9.97 Å². The fourth-order valence-electron chi connectivity index (χ4n) is 2.21. The Bertz CT molecular complexity index is 1070. The van der Waals surface area contributed by atoms with E-state index in [-0.39, 0.29) is 5.57 Å². The van der Waals surface area contributed by atoms with Crippen LogP contribution in [0, 0.1) is 11.3 Å². The molecule has 0 fully saturated rings. The number of hydrogen-bond acceptors (Lipinski definition) is 8. The number of carbonyl (C=O) groups excluding carboxylic acids is 2. The van der Waals surface area contributed by atoms with Crippen LogP contribution in [0.5, 0.6) is 5.75 Å². The number of thiophene rings is 1. The molecule has 7 nitrogen and oxygen atoms in total. The van der Waals surface area contributed by atoms with Gasteiger partial charge in [0.05, 0.1) is 12.8 Å². The molecule has 0 saturated heterocycles. The van der Waals surface area contributed by atoms with Crippen LogP contribution < -0.4 is 4.74 Å². The van der Waals surface area contributed by atoms with Crippen LogP contribution in [0.25, 0.3) is 17.5 Å². The van der Waals surface area contributed by atoms with Gasteiger partial charge in [-0.25, -0.2) is 19.6 Å². The average Bonchev–Trinajstić information content (AvgIpc) is 3.27. The number of methoxy groups -OCH3 is 1. The maximum Gasteiger partial charge on any atom is 0.353 e. The second kappa shape index (κ2) is 8.70. The highest BCUT2D eigenvalue weighted by Gasteiger charge is 2.11. The van der Waals surface area contributed by atoms with Gasteiger partial charge in [-0.2, -0.15) is 5.26 Å². The summed E-state index contributed by atoms with van der Waals surface area (Å²) in [5, 5.41) is 10.8. The summed E-state index contributed by atoms with van der Waals surface area (Å²) in [6.07, 6.45) is 2.85. The Kier molecular flexibility index (Phi) is 5.89. The second-order valence-corrected chi connectivity index (χ2v) is 6.31. The Morgan fingerprint density at radius 3 is 2.61 bits per heavy atom. The fourth-order valence-corrected chi connectivity index (χ4v) is 2.81. The van der Waals surface area contributed by atoms with E-state index < -0.39 is 11.9 Å². The molecule has 0 bridgehead atoms. The molecule has 0 aliphatic rings. The number of esters is 2. The molecule has 0 N–H and O–H groups in total. The Balaban J connectivity index is 1.79. The van der Waals surface area contributed by atoms with E-state index in [9.17, 15) is 9.59 Å². The number of benzene rings is 1. The summed E-state index contributed by atoms with van der Waals surface area (Å²) in [6.45, 7) is 0. The van der Waals surface area contributed by atoms with Crippen LogP contribution in [0.4, 0.5) is 0 Å². The van der Waals surface area contributed by atoms with E-state index in [2.05, 4.69) is 14.7 Å². The van der Waals surface area contributed by atoms with Crippen molar-refractivity contribution in [3.05, 3.63) is 70.2 Å². The van der Waals surface area contributed by atoms with Gasteiger partial charge in [0.2, 0.25) is 0 Å². The smallest absolute Gasteiger partial charge is 0.353 e. The zero-order valence-electron chi connectivity index (χ0n) is 14.7. The number of hydrogen-bond donors (Lipinski definition) is 0. The molecule has 0 aliphatic heterocycles. The van der Waals surface area contributed by atoms with Crippen LogP contribution >= 0.6 is 11.3 Å². The molecule has 0 aliphatic carbocycles. The normalized spacial score (nSPS) is 10.8. The summed E-state index contributed by atoms with van der Waals surface area (Å²) in [6, 6.07) is 13.5. The molecular formula is C20H13N3O4S. The van der Waals surface area contributed by atoms with Gasteiger partial charge in [-0.1, -0.05) is 6.07 Å². The fraction of sp³-hybridized carbons (Fsp3) is 0.0500. The van der Waals surface area contributed by atoms with Crippen molar-refractivity contribution < 1.29 is 19.1 Å². The number of nitriles is 1. The minimum Gasteiger partial charge on any atom is -0.465 e. The molecule has 0 atom stereocenters. The number of aromatic nitrogens is 2. The first-order valence-corrected chi connectivity index (χ1v) is 8.88. The molecule has 8 heteroatoms. The highest BCUT2D eigenvalue weighted by molar-refractivity contribution is 7.12. The van der Waals surface area contributed by atoms with Gasteiger partial charge < -0.3 is 9.47 Å². The summed E-state index contributed by atoms with van der Waals surface area (Å²) < 4.78 is 9.86. The minimum absolute atomic E-state index is 0.164. The van der Waals surface area contributed by atoms with Gasteiger partial charge in [0.15, 0.2) is 5.82 Å². The maximum absolute atomic E-state index is 12.0. The largest absolute Gasteiger partial charge is 0.465 e. The Morgan fingerprint density at radius 1 is 1.18 bits per heavy atom. The second-order valence-electron chi connectivity index (χ2n) is 5.36. The highest BCUT2D eigenvalue weighted by Crippen LogP contribution is 2.21. The quantitative estimate of drug-likeness (QED) is 0.284. The predicted molar refractivity (Wildman–Crippen MR) is 102 cm³/mol. The average molecular weight is 391 g/mol. The Labute approximate surface area is 164 Å². The number of ether oxygens (including phenoxy) is 2. The number of nitrogens with zero attached hydrogens (tertiary/aromatic N) is 3. The molecule has 0 unspecified atom stereocenters. The van der Waals surface area contributed by atoms with E-state index in [1.807, 2.05) is 0 Å². The van der Waals surface area contributed by atoms with Gasteiger partial charge >= 0.3 is 11.9 Å². The Hall–Kier alpha value is -3.83. The van der Waals surface area contributed by atoms with E-state index >= 15 is 0 Å². The summed E-state index contributed by atoms with van der Waals surface area (Å²) >= 11 is 1.31. The number of carbonyl (C=O) groups is 2. The standard InChI is InChI=1S/C20H13N3O4S/c1-26-19(24)14(12-21)11-15-8-9-22-18(23-15)13-4-6-16(7-5-13)27-20(25)17-3-2-10-28-17/h2-11H,1H3. The summed E-state index contributed by atoms with van der Waals surface area (Å²) in [5.41, 5.74) is 0.908. The first-order valence-electron chi connectivity index (χ1n) is 8.00. The lowest BCUT2D eigenvalue weighted by atomic mass is 10.2. The molecule has 138 valence electrons. The van der Waals surface area contributed by atoms with E-state index in [1.54, 1.807) is 53.9 Å². The van der Waals surface area contributed by atoms with Crippen molar-refractivity contribution in [1.29, 1.82) is 5.26 Å². The minimum atomic E-state index is -0.737. The lowest BCUT2D eigenvalue weighted by molar-refractivity contribution is -0.135. The van der Waals surface area contributed by atoms with E-state index in [0.29, 0.717) is 27.7 Å². The van der Waals surface area contributed by atoms with Gasteiger partial charge in [-0.15, -0.1) is 11.3 Å². The lowest BCUT2D eigenvalue weighted by Crippen LogP contribution is -2.06. The molecule has 1 aromatic carbocycles. The van der Waals surface area contributed by atoms with Gasteiger partial charge in [-0.05, 0) is 47.9 Å². The first kappa shape index (κ1) is 18.9. The summed E-state index contributed by atoms with van der Waals surface area (Å²) in [7, 11) is 1.20. The van der Waals surface area contributed by atoms with Crippen molar-refractivity contribution in [3.63, 3.8) is 0 Å². The van der Waals surface area contributed by atoms with Crippen LogP contribution in [-0.2, 0) is 9.53 Å². The molecule has 0 amide bonds. The monoisotopic (exact) mass is 391 g/mol. The zero-order valence-corrected chi connectivity index (χ0v) is 15.5. The van der Waals surface area contributed by atoms with Crippen molar-refractivity contribution in [2.75, 3.05) is 7.11 Å². The molecule has 28 heavy (non-hydrogen) atoms. The molecule has 3 aromatic rings. The van der Waals surface area contributed by atoms with Crippen molar-refractivity contribution in [3.8, 4) is 23.2 Å². The topological polar surface area (TPSA) is 102 Å².